The molecule has 2 nitrogen and oxygen atoms in total. The van der Waals surface area contributed by atoms with Crippen molar-refractivity contribution in [3.8, 4) is 0 Å². The molecule has 0 amide bonds. The van der Waals surface area contributed by atoms with Crippen LogP contribution in [-0.4, -0.2) is 11.1 Å². The van der Waals surface area contributed by atoms with Crippen LogP contribution < -0.4 is 0 Å². The second-order valence-corrected chi connectivity index (χ2v) is 3.03. The molecule has 0 aliphatic heterocycles. The van der Waals surface area contributed by atoms with Crippen LogP contribution in [-0.2, 0) is 4.79 Å². The summed E-state index contributed by atoms with van der Waals surface area (Å²) in [6.07, 6.45) is 6.07. The molecule has 0 spiro atoms. The number of hydrogen-bond donors (Lipinski definition) is 1. The van der Waals surface area contributed by atoms with Gasteiger partial charge in [-0.05, 0) is 25.2 Å². The molecule has 1 N–H and O–H groups in total. The molecular weight excluding hydrogens is 164 g/mol. The smallest absolute Gasteiger partial charge is 0.331 e. The van der Waals surface area contributed by atoms with Gasteiger partial charge in [0.25, 0.3) is 0 Å². The molecule has 0 saturated carbocycles. The first-order chi connectivity index (χ1) is 6.15. The van der Waals surface area contributed by atoms with Crippen LogP contribution in [0.15, 0.2) is 24.3 Å². The minimum Gasteiger partial charge on any atom is -0.478 e. The van der Waals surface area contributed by atoms with Gasteiger partial charge in [0.15, 0.2) is 0 Å². The number of allylic oxidation sites excluding steroid dienone is 2. The van der Waals surface area contributed by atoms with Crippen molar-refractivity contribution in [3.05, 3.63) is 24.3 Å². The number of rotatable bonds is 6. The van der Waals surface area contributed by atoms with E-state index in [9.17, 15) is 4.79 Å². The van der Waals surface area contributed by atoms with Gasteiger partial charge < -0.3 is 5.11 Å². The van der Waals surface area contributed by atoms with E-state index in [-0.39, 0.29) is 0 Å². The molecule has 0 fully saturated rings. The van der Waals surface area contributed by atoms with Crippen molar-refractivity contribution < 1.29 is 9.90 Å². The number of carboxylic acid groups (broad SMARTS) is 1. The van der Waals surface area contributed by atoms with Gasteiger partial charge in [0, 0.05) is 5.57 Å². The quantitative estimate of drug-likeness (QED) is 0.506. The van der Waals surface area contributed by atoms with Gasteiger partial charge in [-0.15, -0.1) is 6.58 Å². The van der Waals surface area contributed by atoms with Crippen LogP contribution in [0.5, 0.6) is 0 Å². The van der Waals surface area contributed by atoms with Crippen LogP contribution in [0.4, 0.5) is 0 Å². The Morgan fingerprint density at radius 2 is 2.15 bits per heavy atom. The number of carboxylic acids is 1. The summed E-state index contributed by atoms with van der Waals surface area (Å²) in [5.74, 6) is -0.401. The summed E-state index contributed by atoms with van der Waals surface area (Å²) in [5, 5.41) is 8.74. The summed E-state index contributed by atoms with van der Waals surface area (Å²) in [6, 6.07) is 0. The predicted octanol–water partition coefficient (Wildman–Crippen LogP) is 3.01. The maximum atomic E-state index is 10.6. The summed E-state index contributed by atoms with van der Waals surface area (Å²) < 4.78 is 0. The molecular formula is C11H18O2. The normalized spacial score (nSPS) is 13.8. The van der Waals surface area contributed by atoms with Crippen LogP contribution in [0.1, 0.15) is 33.1 Å². The fourth-order valence-corrected chi connectivity index (χ4v) is 1.11. The second kappa shape index (κ2) is 6.46. The van der Waals surface area contributed by atoms with Crippen molar-refractivity contribution >= 4 is 5.97 Å². The molecule has 13 heavy (non-hydrogen) atoms. The topological polar surface area (TPSA) is 37.3 Å². The van der Waals surface area contributed by atoms with E-state index in [2.05, 4.69) is 13.5 Å². The fraction of sp³-hybridized carbons (Fsp3) is 0.545. The highest BCUT2D eigenvalue weighted by Crippen LogP contribution is 2.12. The molecule has 1 atom stereocenters. The molecule has 0 aliphatic rings. The van der Waals surface area contributed by atoms with Gasteiger partial charge >= 0.3 is 5.97 Å². The van der Waals surface area contributed by atoms with Crippen molar-refractivity contribution in [1.29, 1.82) is 0 Å². The van der Waals surface area contributed by atoms with E-state index in [4.69, 9.17) is 5.11 Å². The van der Waals surface area contributed by atoms with Crippen LogP contribution in [0, 0.1) is 5.92 Å². The Morgan fingerprint density at radius 3 is 2.46 bits per heavy atom. The van der Waals surface area contributed by atoms with Crippen LogP contribution >= 0.6 is 0 Å². The first-order valence-electron chi connectivity index (χ1n) is 4.70. The Labute approximate surface area is 80.0 Å². The van der Waals surface area contributed by atoms with Gasteiger partial charge in [0.2, 0.25) is 0 Å². The van der Waals surface area contributed by atoms with Crippen molar-refractivity contribution in [1.82, 2.24) is 0 Å². The minimum atomic E-state index is -0.804. The Kier molecular flexibility index (Phi) is 5.94. The molecule has 0 aliphatic carbocycles. The molecule has 0 heterocycles. The van der Waals surface area contributed by atoms with Crippen LogP contribution in [0.25, 0.3) is 0 Å². The summed E-state index contributed by atoms with van der Waals surface area (Å²) in [6.45, 7) is 7.64. The Morgan fingerprint density at radius 1 is 1.54 bits per heavy atom. The Balaban J connectivity index is 4.20. The lowest BCUT2D eigenvalue weighted by Gasteiger charge is -2.05. The zero-order chi connectivity index (χ0) is 10.3. The van der Waals surface area contributed by atoms with E-state index in [1.165, 1.54) is 0 Å². The summed E-state index contributed by atoms with van der Waals surface area (Å²) in [4.78, 5) is 10.6. The van der Waals surface area contributed by atoms with Crippen molar-refractivity contribution in [3.63, 3.8) is 0 Å². The van der Waals surface area contributed by atoms with Crippen LogP contribution in [0.2, 0.25) is 0 Å². The van der Waals surface area contributed by atoms with E-state index >= 15 is 0 Å². The van der Waals surface area contributed by atoms with Crippen molar-refractivity contribution in [2.45, 2.75) is 33.1 Å². The van der Waals surface area contributed by atoms with Gasteiger partial charge in [-0.1, -0.05) is 26.0 Å². The molecule has 0 aromatic rings. The molecule has 74 valence electrons. The molecule has 1 unspecified atom stereocenters. The summed E-state index contributed by atoms with van der Waals surface area (Å²) in [7, 11) is 0. The molecule has 0 rings (SSSR count). The van der Waals surface area contributed by atoms with Gasteiger partial charge in [0.1, 0.15) is 0 Å². The molecule has 0 bridgehead atoms. The van der Waals surface area contributed by atoms with E-state index in [1.54, 1.807) is 6.08 Å². The summed E-state index contributed by atoms with van der Waals surface area (Å²) >= 11 is 0. The number of hydrogen-bond acceptors (Lipinski definition) is 1. The van der Waals surface area contributed by atoms with Gasteiger partial charge in [0.05, 0.1) is 0 Å². The lowest BCUT2D eigenvalue weighted by molar-refractivity contribution is -0.132. The molecule has 0 saturated heterocycles. The fourth-order valence-electron chi connectivity index (χ4n) is 1.11. The molecule has 2 heteroatoms. The number of aliphatic carboxylic acids is 1. The van der Waals surface area contributed by atoms with Gasteiger partial charge in [-0.2, -0.15) is 0 Å². The lowest BCUT2D eigenvalue weighted by atomic mass is 10.0. The zero-order valence-electron chi connectivity index (χ0n) is 8.42. The Bertz CT molecular complexity index is 204. The second-order valence-electron chi connectivity index (χ2n) is 3.03. The number of carbonyl (C=O) groups is 1. The average Bonchev–Trinajstić information content (AvgIpc) is 2.12. The monoisotopic (exact) mass is 182 g/mol. The highest BCUT2D eigenvalue weighted by molar-refractivity contribution is 5.86. The first kappa shape index (κ1) is 11.9. The zero-order valence-corrected chi connectivity index (χ0v) is 8.42. The van der Waals surface area contributed by atoms with Crippen molar-refractivity contribution in [2.24, 2.45) is 5.92 Å². The Hall–Kier alpha value is -1.05. The third-order valence-corrected chi connectivity index (χ3v) is 2.18. The highest BCUT2D eigenvalue weighted by atomic mass is 16.4. The molecule has 0 aromatic carbocycles. The largest absolute Gasteiger partial charge is 0.478 e. The van der Waals surface area contributed by atoms with Crippen LogP contribution in [0.3, 0.4) is 0 Å². The maximum Gasteiger partial charge on any atom is 0.331 e. The first-order valence-corrected chi connectivity index (χ1v) is 4.70. The third kappa shape index (κ3) is 4.51. The molecule has 0 radical (unpaired) electrons. The average molecular weight is 182 g/mol. The van der Waals surface area contributed by atoms with Gasteiger partial charge in [-0.25, -0.2) is 4.79 Å². The standard InChI is InChI=1S/C11H18O2/c1-4-9(5-2)7-8-10(6-3)11(12)13/h4,8-9H,1,5-7H2,2-3H3,(H,12,13). The van der Waals surface area contributed by atoms with E-state index in [0.717, 1.165) is 12.8 Å². The maximum absolute atomic E-state index is 10.6. The van der Waals surface area contributed by atoms with E-state index < -0.39 is 5.97 Å². The lowest BCUT2D eigenvalue weighted by Crippen LogP contribution is -2.00. The summed E-state index contributed by atoms with van der Waals surface area (Å²) in [5.41, 5.74) is 0.500. The molecule has 0 aromatic heterocycles. The van der Waals surface area contributed by atoms with E-state index in [0.29, 0.717) is 17.9 Å². The highest BCUT2D eigenvalue weighted by Gasteiger charge is 2.05. The van der Waals surface area contributed by atoms with Crippen molar-refractivity contribution in [2.75, 3.05) is 0 Å². The minimum absolute atomic E-state index is 0.404. The van der Waals surface area contributed by atoms with E-state index in [1.807, 2.05) is 13.0 Å². The predicted molar refractivity (Wildman–Crippen MR) is 54.6 cm³/mol. The SMILES string of the molecule is C=CC(CC)CC=C(CC)C(=O)O. The third-order valence-electron chi connectivity index (χ3n) is 2.18. The van der Waals surface area contributed by atoms with Gasteiger partial charge in [-0.3, -0.25) is 0 Å².